The van der Waals surface area contributed by atoms with Crippen LogP contribution in [0.1, 0.15) is 13.8 Å². The van der Waals surface area contributed by atoms with Crippen LogP contribution in [0.25, 0.3) is 0 Å². The number of halogens is 10. The Bertz CT molecular complexity index is 1400. The molecule has 1 saturated carbocycles. The number of rotatable bonds is 5. The molecule has 2 aromatic rings. The van der Waals surface area contributed by atoms with Crippen molar-refractivity contribution in [3.8, 4) is 11.5 Å². The van der Waals surface area contributed by atoms with E-state index in [1.807, 2.05) is 0 Å². The van der Waals surface area contributed by atoms with E-state index in [9.17, 15) is 69.1 Å². The van der Waals surface area contributed by atoms with E-state index in [4.69, 9.17) is 4.74 Å². The lowest BCUT2D eigenvalue weighted by Crippen LogP contribution is -2.92. The Morgan fingerprint density at radius 3 is 1.46 bits per heavy atom. The first-order chi connectivity index (χ1) is 18.8. The summed E-state index contributed by atoms with van der Waals surface area (Å²) in [6.45, 7) is 1.33. The Hall–Kier alpha value is -3.39. The number of esters is 1. The van der Waals surface area contributed by atoms with Crippen LogP contribution in [-0.4, -0.2) is 62.1 Å². The molecule has 1 aliphatic carbocycles. The second-order valence-electron chi connectivity index (χ2n) is 8.95. The molecule has 41 heavy (non-hydrogen) atoms. The van der Waals surface area contributed by atoms with Crippen molar-refractivity contribution in [1.82, 2.24) is 0 Å². The fourth-order valence-electron chi connectivity index (χ4n) is 4.46. The van der Waals surface area contributed by atoms with Crippen LogP contribution < -0.4 is 9.47 Å². The molecule has 1 saturated heterocycles. The number of hydrogen-bond acceptors (Lipinski definition) is 9. The van der Waals surface area contributed by atoms with Crippen LogP contribution >= 0.6 is 0 Å². The van der Waals surface area contributed by atoms with Crippen molar-refractivity contribution in [3.05, 3.63) is 58.2 Å². The van der Waals surface area contributed by atoms with Gasteiger partial charge in [-0.2, -0.15) is 17.6 Å². The van der Waals surface area contributed by atoms with Crippen LogP contribution in [0, 0.1) is 64.1 Å². The first kappa shape index (κ1) is 30.6. The molecule has 1 aliphatic heterocycles. The Morgan fingerprint density at radius 1 is 0.707 bits per heavy atom. The Kier molecular flexibility index (Phi) is 7.14. The minimum Gasteiger partial charge on any atom is -0.446 e. The molecule has 9 nitrogen and oxygen atoms in total. The highest BCUT2D eigenvalue weighted by molar-refractivity contribution is 5.66. The normalized spacial score (nSPS) is 32.7. The molecule has 0 radical (unpaired) electrons. The van der Waals surface area contributed by atoms with Crippen molar-refractivity contribution in [2.75, 3.05) is 0 Å². The van der Waals surface area contributed by atoms with Crippen molar-refractivity contribution >= 4 is 5.97 Å². The van der Waals surface area contributed by atoms with Crippen LogP contribution in [0.15, 0.2) is 0 Å². The van der Waals surface area contributed by atoms with Crippen LogP contribution in [0.2, 0.25) is 0 Å². The van der Waals surface area contributed by atoms with Gasteiger partial charge in [0.15, 0.2) is 5.60 Å². The summed E-state index contributed by atoms with van der Waals surface area (Å²) in [5.41, 5.74) is -3.55. The number of aliphatic hydroxyl groups is 4. The summed E-state index contributed by atoms with van der Waals surface area (Å²) in [5, 5.41) is 44.3. The van der Waals surface area contributed by atoms with Gasteiger partial charge in [-0.3, -0.25) is 4.79 Å². The fraction of sp³-hybridized carbons (Fsp3) is 0.409. The number of carbonyl (C=O) groups is 1. The number of carbonyl (C=O) groups excluding carboxylic acids is 1. The highest BCUT2D eigenvalue weighted by Crippen LogP contribution is 2.58. The van der Waals surface area contributed by atoms with Gasteiger partial charge in [0.25, 0.3) is 6.29 Å². The number of hydrogen-bond donors (Lipinski definition) is 4. The number of ether oxygens (including phenoxy) is 4. The smallest absolute Gasteiger partial charge is 0.342 e. The molecule has 0 bridgehead atoms. The maximum Gasteiger partial charge on any atom is 0.342 e. The van der Waals surface area contributed by atoms with Crippen molar-refractivity contribution in [3.63, 3.8) is 0 Å². The Labute approximate surface area is 220 Å². The summed E-state index contributed by atoms with van der Waals surface area (Å²) in [6, 6.07) is 0. The van der Waals surface area contributed by atoms with Gasteiger partial charge in [0.2, 0.25) is 69.7 Å². The second kappa shape index (κ2) is 9.58. The first-order valence-corrected chi connectivity index (χ1v) is 10.9. The van der Waals surface area contributed by atoms with E-state index in [0.29, 0.717) is 6.92 Å². The molecule has 4 rings (SSSR count). The molecule has 0 aromatic heterocycles. The van der Waals surface area contributed by atoms with Crippen molar-refractivity contribution < 1.29 is 88.1 Å². The molecule has 226 valence electrons. The summed E-state index contributed by atoms with van der Waals surface area (Å²) in [7, 11) is 0. The number of benzene rings is 2. The highest BCUT2D eigenvalue weighted by atomic mass is 19.2. The Balaban J connectivity index is 2.04. The maximum atomic E-state index is 14.5. The molecule has 0 spiro atoms. The van der Waals surface area contributed by atoms with E-state index >= 15 is 0 Å². The van der Waals surface area contributed by atoms with Crippen molar-refractivity contribution in [2.24, 2.45) is 5.92 Å². The third kappa shape index (κ3) is 3.86. The monoisotopic (exact) mass is 612 g/mol. The zero-order valence-corrected chi connectivity index (χ0v) is 19.9. The van der Waals surface area contributed by atoms with E-state index in [1.165, 1.54) is 0 Å². The molecular formula is C22H14F10O9. The largest absolute Gasteiger partial charge is 0.446 e. The van der Waals surface area contributed by atoms with Gasteiger partial charge in [0.05, 0.1) is 6.10 Å². The minimum atomic E-state index is -4.60. The van der Waals surface area contributed by atoms with Crippen LogP contribution in [0.4, 0.5) is 43.9 Å². The van der Waals surface area contributed by atoms with Gasteiger partial charge in [-0.25, -0.2) is 26.3 Å². The molecule has 1 heterocycles. The SMILES string of the molecule is CC(=O)O[C@@H]1O[C@@H]2C(O)C(C)[C@]2(O)[C@@](O)(Oc2c(F)c(F)c(F)c(F)c2F)[C@]1(O)Oc1c(F)c(F)c(F)c(F)c1F. The third-order valence-corrected chi connectivity index (χ3v) is 6.69. The maximum absolute atomic E-state index is 14.5. The van der Waals surface area contributed by atoms with Gasteiger partial charge < -0.3 is 39.4 Å². The van der Waals surface area contributed by atoms with Gasteiger partial charge >= 0.3 is 17.5 Å². The van der Waals surface area contributed by atoms with E-state index in [1.54, 1.807) is 0 Å². The van der Waals surface area contributed by atoms with E-state index in [2.05, 4.69) is 14.2 Å². The van der Waals surface area contributed by atoms with Crippen molar-refractivity contribution in [2.45, 2.75) is 49.5 Å². The first-order valence-electron chi connectivity index (χ1n) is 10.9. The molecule has 2 fully saturated rings. The molecular weight excluding hydrogens is 598 g/mol. The summed E-state index contributed by atoms with van der Waals surface area (Å²) < 4.78 is 159. The summed E-state index contributed by atoms with van der Waals surface area (Å²) >= 11 is 0. The van der Waals surface area contributed by atoms with E-state index in [-0.39, 0.29) is 0 Å². The van der Waals surface area contributed by atoms with Crippen molar-refractivity contribution in [1.29, 1.82) is 0 Å². The van der Waals surface area contributed by atoms with Gasteiger partial charge in [0.1, 0.15) is 6.10 Å². The zero-order chi connectivity index (χ0) is 31.1. The van der Waals surface area contributed by atoms with Gasteiger partial charge in [-0.1, -0.05) is 6.92 Å². The molecule has 19 heteroatoms. The van der Waals surface area contributed by atoms with Crippen LogP contribution in [-0.2, 0) is 14.3 Å². The molecule has 2 aliphatic rings. The molecule has 4 N–H and O–H groups in total. The molecule has 7 atom stereocenters. The third-order valence-electron chi connectivity index (χ3n) is 6.69. The fourth-order valence-corrected chi connectivity index (χ4v) is 4.46. The Morgan fingerprint density at radius 2 is 1.07 bits per heavy atom. The van der Waals surface area contributed by atoms with Crippen LogP contribution in [0.5, 0.6) is 11.5 Å². The second-order valence-corrected chi connectivity index (χ2v) is 8.95. The lowest BCUT2D eigenvalue weighted by Gasteiger charge is -2.66. The average molecular weight is 612 g/mol. The van der Waals surface area contributed by atoms with Crippen LogP contribution in [0.3, 0.4) is 0 Å². The number of fused-ring (bicyclic) bond motifs is 1. The standard InChI is InChI=1S/C22H14F10O9/c1-3-15(34)18-20(3,35)22(37,41-17-13(31)9(27)6(24)10(28)14(17)32)21(36,19(39-18)38-4(2)33)40-16-11(29)7(25)5(23)8(26)12(16)30/h3,15,18-19,34-37H,1-2H3/t3?,15?,18-,19-,20-,21-,22-/m1/s1. The van der Waals surface area contributed by atoms with E-state index in [0.717, 1.165) is 6.92 Å². The molecule has 2 aromatic carbocycles. The minimum absolute atomic E-state index is 0.535. The molecule has 2 unspecified atom stereocenters. The topological polar surface area (TPSA) is 135 Å². The summed E-state index contributed by atoms with van der Waals surface area (Å²) in [4.78, 5) is 11.7. The lowest BCUT2D eigenvalue weighted by molar-refractivity contribution is -0.521. The van der Waals surface area contributed by atoms with E-state index < -0.39 is 117 Å². The quantitative estimate of drug-likeness (QED) is 0.131. The lowest BCUT2D eigenvalue weighted by atomic mass is 9.57. The predicted molar refractivity (Wildman–Crippen MR) is 104 cm³/mol. The molecule has 0 amide bonds. The highest BCUT2D eigenvalue weighted by Gasteiger charge is 2.85. The van der Waals surface area contributed by atoms with Gasteiger partial charge in [0, 0.05) is 12.8 Å². The number of aliphatic hydroxyl groups excluding tert-OH is 1. The predicted octanol–water partition coefficient (Wildman–Crippen LogP) is 1.94. The zero-order valence-electron chi connectivity index (χ0n) is 19.9. The van der Waals surface area contributed by atoms with Gasteiger partial charge in [-0.05, 0) is 0 Å². The summed E-state index contributed by atoms with van der Waals surface area (Å²) in [5.74, 6) is -45.6. The summed E-state index contributed by atoms with van der Waals surface area (Å²) in [6.07, 6.45) is -7.50. The van der Waals surface area contributed by atoms with Gasteiger partial charge in [-0.15, -0.1) is 0 Å². The average Bonchev–Trinajstić information content (AvgIpc) is 2.93.